The van der Waals surface area contributed by atoms with Crippen molar-refractivity contribution in [2.24, 2.45) is 0 Å². The first kappa shape index (κ1) is 13.8. The van der Waals surface area contributed by atoms with Gasteiger partial charge in [0.15, 0.2) is 0 Å². The summed E-state index contributed by atoms with van der Waals surface area (Å²) in [5.74, 6) is 1.30. The first-order valence-corrected chi connectivity index (χ1v) is 6.83. The summed E-state index contributed by atoms with van der Waals surface area (Å²) in [6.45, 7) is 5.09. The number of hydrogen-bond donors (Lipinski definition) is 1. The topological polar surface area (TPSA) is 37.8 Å². The average Bonchev–Trinajstić information content (AvgIpc) is 2.41. The number of nitrogens with one attached hydrogen (secondary N) is 1. The second-order valence-corrected chi connectivity index (χ2v) is 5.22. The molecule has 19 heavy (non-hydrogen) atoms. The third kappa shape index (κ3) is 4.21. The summed E-state index contributed by atoms with van der Waals surface area (Å²) in [6.07, 6.45) is 2.55. The minimum Gasteiger partial charge on any atom is -0.370 e. The van der Waals surface area contributed by atoms with Crippen LogP contribution in [0.5, 0.6) is 0 Å². The summed E-state index contributed by atoms with van der Waals surface area (Å²) >= 11 is 5.86. The van der Waals surface area contributed by atoms with Gasteiger partial charge in [-0.05, 0) is 30.0 Å². The van der Waals surface area contributed by atoms with Crippen molar-refractivity contribution in [2.75, 3.05) is 11.9 Å². The van der Waals surface area contributed by atoms with Crippen LogP contribution in [-0.2, 0) is 6.42 Å². The lowest BCUT2D eigenvalue weighted by Gasteiger charge is -2.08. The smallest absolute Gasteiger partial charge is 0.129 e. The van der Waals surface area contributed by atoms with Gasteiger partial charge in [0.25, 0.3) is 0 Å². The number of halogens is 1. The monoisotopic (exact) mass is 275 g/mol. The van der Waals surface area contributed by atoms with Crippen LogP contribution in [0.25, 0.3) is 0 Å². The van der Waals surface area contributed by atoms with E-state index in [-0.39, 0.29) is 0 Å². The van der Waals surface area contributed by atoms with Gasteiger partial charge < -0.3 is 5.32 Å². The standard InChI is InChI=1S/C15H18ClN3/c1-11(2)14-9-15(19-10-18-14)17-8-7-12-3-5-13(16)6-4-12/h3-6,9-11H,7-8H2,1-2H3,(H,17,18,19). The third-order valence-corrected chi connectivity index (χ3v) is 3.16. The Morgan fingerprint density at radius 2 is 1.89 bits per heavy atom. The summed E-state index contributed by atoms with van der Waals surface area (Å²) in [4.78, 5) is 8.47. The molecule has 0 saturated heterocycles. The second kappa shape index (κ2) is 6.53. The van der Waals surface area contributed by atoms with Gasteiger partial charge in [0.05, 0.1) is 0 Å². The van der Waals surface area contributed by atoms with Crippen molar-refractivity contribution in [1.29, 1.82) is 0 Å². The molecule has 3 nitrogen and oxygen atoms in total. The zero-order chi connectivity index (χ0) is 13.7. The van der Waals surface area contributed by atoms with E-state index in [1.165, 1.54) is 5.56 Å². The van der Waals surface area contributed by atoms with Gasteiger partial charge in [-0.25, -0.2) is 9.97 Å². The number of aromatic nitrogens is 2. The molecule has 2 aromatic rings. The molecule has 0 unspecified atom stereocenters. The normalized spacial score (nSPS) is 10.7. The largest absolute Gasteiger partial charge is 0.370 e. The molecule has 4 heteroatoms. The zero-order valence-electron chi connectivity index (χ0n) is 11.2. The maximum absolute atomic E-state index is 5.86. The molecule has 1 aromatic carbocycles. The van der Waals surface area contributed by atoms with Crippen molar-refractivity contribution in [3.63, 3.8) is 0 Å². The molecule has 0 saturated carbocycles. The lowest BCUT2D eigenvalue weighted by atomic mass is 10.1. The van der Waals surface area contributed by atoms with Gasteiger partial charge in [0.2, 0.25) is 0 Å². The lowest BCUT2D eigenvalue weighted by Crippen LogP contribution is -2.07. The lowest BCUT2D eigenvalue weighted by molar-refractivity contribution is 0.813. The molecule has 1 aromatic heterocycles. The van der Waals surface area contributed by atoms with E-state index in [0.717, 1.165) is 29.5 Å². The van der Waals surface area contributed by atoms with Crippen molar-refractivity contribution < 1.29 is 0 Å². The Morgan fingerprint density at radius 3 is 2.58 bits per heavy atom. The first-order chi connectivity index (χ1) is 9.15. The fourth-order valence-electron chi connectivity index (χ4n) is 1.77. The van der Waals surface area contributed by atoms with E-state index in [1.807, 2.05) is 30.3 Å². The van der Waals surface area contributed by atoms with Crippen molar-refractivity contribution in [3.05, 3.63) is 52.9 Å². The van der Waals surface area contributed by atoms with Gasteiger partial charge in [0, 0.05) is 23.3 Å². The number of hydrogen-bond acceptors (Lipinski definition) is 3. The number of benzene rings is 1. The van der Waals surface area contributed by atoms with Crippen molar-refractivity contribution in [1.82, 2.24) is 9.97 Å². The Bertz CT molecular complexity index is 523. The molecule has 2 rings (SSSR count). The Hall–Kier alpha value is -1.61. The van der Waals surface area contributed by atoms with Gasteiger partial charge in [-0.1, -0.05) is 37.6 Å². The summed E-state index contributed by atoms with van der Waals surface area (Å²) in [7, 11) is 0. The molecular formula is C15H18ClN3. The Kier molecular flexibility index (Phi) is 4.74. The van der Waals surface area contributed by atoms with Crippen molar-refractivity contribution in [2.45, 2.75) is 26.2 Å². The van der Waals surface area contributed by atoms with Crippen LogP contribution in [-0.4, -0.2) is 16.5 Å². The first-order valence-electron chi connectivity index (χ1n) is 6.45. The van der Waals surface area contributed by atoms with E-state index in [4.69, 9.17) is 11.6 Å². The maximum Gasteiger partial charge on any atom is 0.129 e. The van der Waals surface area contributed by atoms with Crippen LogP contribution >= 0.6 is 11.6 Å². The van der Waals surface area contributed by atoms with E-state index in [1.54, 1.807) is 6.33 Å². The van der Waals surface area contributed by atoms with Gasteiger partial charge in [0.1, 0.15) is 12.1 Å². The molecule has 0 radical (unpaired) electrons. The van der Waals surface area contributed by atoms with Gasteiger partial charge in [-0.15, -0.1) is 0 Å². The number of anilines is 1. The molecular weight excluding hydrogens is 258 g/mol. The Morgan fingerprint density at radius 1 is 1.16 bits per heavy atom. The van der Waals surface area contributed by atoms with Crippen molar-refractivity contribution in [3.8, 4) is 0 Å². The highest BCUT2D eigenvalue weighted by atomic mass is 35.5. The molecule has 0 aliphatic rings. The highest BCUT2D eigenvalue weighted by Crippen LogP contribution is 2.14. The van der Waals surface area contributed by atoms with E-state index >= 15 is 0 Å². The summed E-state index contributed by atoms with van der Waals surface area (Å²) in [6, 6.07) is 9.93. The van der Waals surface area contributed by atoms with E-state index in [0.29, 0.717) is 5.92 Å². The third-order valence-electron chi connectivity index (χ3n) is 2.91. The van der Waals surface area contributed by atoms with Crippen LogP contribution in [0.2, 0.25) is 5.02 Å². The summed E-state index contributed by atoms with van der Waals surface area (Å²) in [5.41, 5.74) is 2.32. The van der Waals surface area contributed by atoms with E-state index in [2.05, 4.69) is 29.1 Å². The van der Waals surface area contributed by atoms with E-state index in [9.17, 15) is 0 Å². The molecule has 0 bridgehead atoms. The van der Waals surface area contributed by atoms with Gasteiger partial charge in [-0.2, -0.15) is 0 Å². The molecule has 0 amide bonds. The summed E-state index contributed by atoms with van der Waals surface area (Å²) in [5, 5.41) is 4.09. The molecule has 1 N–H and O–H groups in total. The maximum atomic E-state index is 5.86. The van der Waals surface area contributed by atoms with Crippen LogP contribution in [0.15, 0.2) is 36.7 Å². The fourth-order valence-corrected chi connectivity index (χ4v) is 1.90. The van der Waals surface area contributed by atoms with E-state index < -0.39 is 0 Å². The minimum atomic E-state index is 0.416. The number of rotatable bonds is 5. The van der Waals surface area contributed by atoms with Gasteiger partial charge in [-0.3, -0.25) is 0 Å². The van der Waals surface area contributed by atoms with Gasteiger partial charge >= 0.3 is 0 Å². The minimum absolute atomic E-state index is 0.416. The van der Waals surface area contributed by atoms with Crippen LogP contribution in [0.3, 0.4) is 0 Å². The average molecular weight is 276 g/mol. The highest BCUT2D eigenvalue weighted by molar-refractivity contribution is 6.30. The molecule has 100 valence electrons. The second-order valence-electron chi connectivity index (χ2n) is 4.79. The van der Waals surface area contributed by atoms with Crippen LogP contribution in [0, 0.1) is 0 Å². The van der Waals surface area contributed by atoms with Crippen molar-refractivity contribution >= 4 is 17.4 Å². The zero-order valence-corrected chi connectivity index (χ0v) is 12.0. The molecule has 0 atom stereocenters. The van der Waals surface area contributed by atoms with Crippen LogP contribution in [0.4, 0.5) is 5.82 Å². The summed E-state index contributed by atoms with van der Waals surface area (Å²) < 4.78 is 0. The molecule has 1 heterocycles. The van der Waals surface area contributed by atoms with Crippen LogP contribution < -0.4 is 5.32 Å². The quantitative estimate of drug-likeness (QED) is 0.899. The highest BCUT2D eigenvalue weighted by Gasteiger charge is 2.02. The predicted molar refractivity (Wildman–Crippen MR) is 79.8 cm³/mol. The Labute approximate surface area is 119 Å². The van der Waals surface area contributed by atoms with Crippen LogP contribution in [0.1, 0.15) is 31.0 Å². The number of nitrogens with zero attached hydrogens (tertiary/aromatic N) is 2. The predicted octanol–water partition coefficient (Wildman–Crippen LogP) is 3.91. The SMILES string of the molecule is CC(C)c1cc(NCCc2ccc(Cl)cc2)ncn1. The molecule has 0 aliphatic heterocycles. The molecule has 0 spiro atoms. The Balaban J connectivity index is 1.88. The molecule has 0 aliphatic carbocycles. The fraction of sp³-hybridized carbons (Fsp3) is 0.333. The molecule has 0 fully saturated rings.